The smallest absolute Gasteiger partial charge is 0.307 e. The van der Waals surface area contributed by atoms with Gasteiger partial charge in [-0.25, -0.2) is 0 Å². The third kappa shape index (κ3) is 4.96. The number of thioether (sulfide) groups is 1. The number of ether oxygens (including phenoxy) is 1. The van der Waals surface area contributed by atoms with Gasteiger partial charge in [0.1, 0.15) is 5.60 Å². The SMILES string of the molecule is CCN(CC)CCC(=O)OC(c1ccccc1)C1(O)CCSC1. The largest absolute Gasteiger partial charge is 0.454 e. The highest BCUT2D eigenvalue weighted by Gasteiger charge is 2.43. The molecular weight excluding hydrogens is 310 g/mol. The standard InChI is InChI=1S/C18H27NO3S/c1-3-19(4-2)12-10-16(20)22-17(15-8-6-5-7-9-15)18(21)11-13-23-14-18/h5-9,17,21H,3-4,10-14H2,1-2H3. The second-order valence-electron chi connectivity index (χ2n) is 5.96. The Morgan fingerprint density at radius 2 is 2.04 bits per heavy atom. The molecule has 1 heterocycles. The second-order valence-corrected chi connectivity index (χ2v) is 7.07. The van der Waals surface area contributed by atoms with E-state index >= 15 is 0 Å². The lowest BCUT2D eigenvalue weighted by Gasteiger charge is -2.32. The number of hydrogen-bond donors (Lipinski definition) is 1. The Bertz CT molecular complexity index is 484. The lowest BCUT2D eigenvalue weighted by molar-refractivity contribution is -0.164. The molecule has 128 valence electrons. The molecule has 0 radical (unpaired) electrons. The zero-order valence-corrected chi connectivity index (χ0v) is 14.8. The fourth-order valence-electron chi connectivity index (χ4n) is 2.87. The number of carbonyl (C=O) groups excluding carboxylic acids is 1. The van der Waals surface area contributed by atoms with Crippen LogP contribution in [0.1, 0.15) is 38.4 Å². The van der Waals surface area contributed by atoms with E-state index < -0.39 is 11.7 Å². The highest BCUT2D eigenvalue weighted by molar-refractivity contribution is 7.99. The minimum Gasteiger partial charge on any atom is -0.454 e. The number of esters is 1. The Labute approximate surface area is 143 Å². The van der Waals surface area contributed by atoms with Crippen LogP contribution >= 0.6 is 11.8 Å². The number of aliphatic hydroxyl groups is 1. The van der Waals surface area contributed by atoms with Crippen molar-refractivity contribution < 1.29 is 14.6 Å². The molecule has 1 N–H and O–H groups in total. The summed E-state index contributed by atoms with van der Waals surface area (Å²) in [5, 5.41) is 10.9. The van der Waals surface area contributed by atoms with Gasteiger partial charge in [0.15, 0.2) is 6.10 Å². The predicted octanol–water partition coefficient (Wildman–Crippen LogP) is 2.87. The second kappa shape index (κ2) is 8.71. The molecular formula is C18H27NO3S. The normalized spacial score (nSPS) is 22.3. The number of hydrogen-bond acceptors (Lipinski definition) is 5. The molecule has 1 saturated heterocycles. The Balaban J connectivity index is 2.05. The van der Waals surface area contributed by atoms with Crippen molar-refractivity contribution in [2.45, 2.75) is 38.4 Å². The number of benzene rings is 1. The summed E-state index contributed by atoms with van der Waals surface area (Å²) in [6, 6.07) is 9.60. The van der Waals surface area contributed by atoms with E-state index in [2.05, 4.69) is 18.7 Å². The van der Waals surface area contributed by atoms with Gasteiger partial charge < -0.3 is 14.7 Å². The zero-order chi connectivity index (χ0) is 16.7. The van der Waals surface area contributed by atoms with Gasteiger partial charge in [0.2, 0.25) is 0 Å². The highest BCUT2D eigenvalue weighted by Crippen LogP contribution is 2.40. The van der Waals surface area contributed by atoms with Crippen molar-refractivity contribution in [3.63, 3.8) is 0 Å². The Hall–Kier alpha value is -1.04. The van der Waals surface area contributed by atoms with Crippen LogP contribution in [-0.4, -0.2) is 52.7 Å². The summed E-state index contributed by atoms with van der Waals surface area (Å²) in [6.45, 7) is 6.71. The van der Waals surface area contributed by atoms with Gasteiger partial charge in [0.25, 0.3) is 0 Å². The fraction of sp³-hybridized carbons (Fsp3) is 0.611. The Morgan fingerprint density at radius 1 is 1.35 bits per heavy atom. The first-order chi connectivity index (χ1) is 11.1. The zero-order valence-electron chi connectivity index (χ0n) is 14.0. The van der Waals surface area contributed by atoms with Crippen LogP contribution in [0, 0.1) is 0 Å². The van der Waals surface area contributed by atoms with Crippen molar-refractivity contribution in [1.82, 2.24) is 4.90 Å². The molecule has 23 heavy (non-hydrogen) atoms. The van der Waals surface area contributed by atoms with Crippen molar-refractivity contribution >= 4 is 17.7 Å². The molecule has 4 nitrogen and oxygen atoms in total. The van der Waals surface area contributed by atoms with Crippen molar-refractivity contribution in [2.75, 3.05) is 31.1 Å². The van der Waals surface area contributed by atoms with E-state index in [1.54, 1.807) is 11.8 Å². The predicted molar refractivity (Wildman–Crippen MR) is 94.6 cm³/mol. The van der Waals surface area contributed by atoms with E-state index in [1.165, 1.54) is 0 Å². The van der Waals surface area contributed by atoms with E-state index in [0.29, 0.717) is 25.1 Å². The first-order valence-corrected chi connectivity index (χ1v) is 9.51. The van der Waals surface area contributed by atoms with Crippen LogP contribution in [0.5, 0.6) is 0 Å². The van der Waals surface area contributed by atoms with Gasteiger partial charge >= 0.3 is 5.97 Å². The molecule has 1 aliphatic heterocycles. The average molecular weight is 337 g/mol. The van der Waals surface area contributed by atoms with Crippen molar-refractivity contribution in [1.29, 1.82) is 0 Å². The molecule has 0 amide bonds. The summed E-state index contributed by atoms with van der Waals surface area (Å²) in [6.07, 6.45) is 0.428. The van der Waals surface area contributed by atoms with Crippen LogP contribution in [0.15, 0.2) is 30.3 Å². The van der Waals surface area contributed by atoms with E-state index in [9.17, 15) is 9.90 Å². The van der Waals surface area contributed by atoms with Crippen LogP contribution in [0.4, 0.5) is 0 Å². The lowest BCUT2D eigenvalue weighted by Crippen LogP contribution is -2.39. The molecule has 1 aromatic rings. The lowest BCUT2D eigenvalue weighted by atomic mass is 9.90. The summed E-state index contributed by atoms with van der Waals surface area (Å²) < 4.78 is 5.73. The minimum absolute atomic E-state index is 0.240. The molecule has 0 saturated carbocycles. The van der Waals surface area contributed by atoms with Gasteiger partial charge in [-0.05, 0) is 30.8 Å². The maximum absolute atomic E-state index is 12.3. The molecule has 1 fully saturated rings. The Morgan fingerprint density at radius 3 is 2.61 bits per heavy atom. The van der Waals surface area contributed by atoms with Crippen molar-refractivity contribution in [3.8, 4) is 0 Å². The summed E-state index contributed by atoms with van der Waals surface area (Å²) in [4.78, 5) is 14.5. The van der Waals surface area contributed by atoms with Crippen molar-refractivity contribution in [3.05, 3.63) is 35.9 Å². The van der Waals surface area contributed by atoms with Crippen LogP contribution < -0.4 is 0 Å². The van der Waals surface area contributed by atoms with Crippen LogP contribution in [0.25, 0.3) is 0 Å². The van der Waals surface area contributed by atoms with Crippen molar-refractivity contribution in [2.24, 2.45) is 0 Å². The van der Waals surface area contributed by atoms with Gasteiger partial charge in [0.05, 0.1) is 6.42 Å². The minimum atomic E-state index is -0.961. The van der Waals surface area contributed by atoms with Crippen LogP contribution in [0.3, 0.4) is 0 Å². The monoisotopic (exact) mass is 337 g/mol. The molecule has 1 aromatic carbocycles. The molecule has 0 aromatic heterocycles. The molecule has 1 aliphatic rings. The quantitative estimate of drug-likeness (QED) is 0.739. The summed E-state index contributed by atoms with van der Waals surface area (Å²) >= 11 is 1.71. The third-order valence-electron chi connectivity index (χ3n) is 4.40. The van der Waals surface area contributed by atoms with Gasteiger partial charge in [-0.1, -0.05) is 44.2 Å². The number of nitrogens with zero attached hydrogens (tertiary/aromatic N) is 1. The summed E-state index contributed by atoms with van der Waals surface area (Å²) in [5.74, 6) is 1.27. The van der Waals surface area contributed by atoms with Gasteiger partial charge in [0, 0.05) is 12.3 Å². The molecule has 0 aliphatic carbocycles. The molecule has 2 rings (SSSR count). The average Bonchev–Trinajstić information content (AvgIpc) is 3.02. The summed E-state index contributed by atoms with van der Waals surface area (Å²) in [5.41, 5.74) is -0.0923. The van der Waals surface area contributed by atoms with Gasteiger partial charge in [-0.2, -0.15) is 11.8 Å². The van der Waals surface area contributed by atoms with E-state index in [4.69, 9.17) is 4.74 Å². The highest BCUT2D eigenvalue weighted by atomic mass is 32.2. The maximum Gasteiger partial charge on any atom is 0.307 e. The van der Waals surface area contributed by atoms with Crippen LogP contribution in [-0.2, 0) is 9.53 Å². The number of carbonyl (C=O) groups is 1. The molecule has 5 heteroatoms. The summed E-state index contributed by atoms with van der Waals surface area (Å²) in [7, 11) is 0. The van der Waals surface area contributed by atoms with E-state index in [1.807, 2.05) is 30.3 Å². The van der Waals surface area contributed by atoms with Gasteiger partial charge in [-0.15, -0.1) is 0 Å². The fourth-order valence-corrected chi connectivity index (χ4v) is 4.16. The molecule has 2 unspecified atom stereocenters. The topological polar surface area (TPSA) is 49.8 Å². The first-order valence-electron chi connectivity index (χ1n) is 8.36. The first kappa shape index (κ1) is 18.3. The maximum atomic E-state index is 12.3. The molecule has 0 bridgehead atoms. The molecule has 2 atom stereocenters. The van der Waals surface area contributed by atoms with E-state index in [-0.39, 0.29) is 5.97 Å². The van der Waals surface area contributed by atoms with Gasteiger partial charge in [-0.3, -0.25) is 4.79 Å². The Kier molecular flexibility index (Phi) is 6.93. The third-order valence-corrected chi connectivity index (χ3v) is 5.59. The van der Waals surface area contributed by atoms with E-state index in [0.717, 1.165) is 24.4 Å². The number of rotatable bonds is 8. The molecule has 0 spiro atoms. The van der Waals surface area contributed by atoms with Crippen LogP contribution in [0.2, 0.25) is 0 Å².